The van der Waals surface area contributed by atoms with E-state index in [1.807, 2.05) is 17.0 Å². The summed E-state index contributed by atoms with van der Waals surface area (Å²) < 4.78 is 27.0. The van der Waals surface area contributed by atoms with Gasteiger partial charge in [0, 0.05) is 38.6 Å². The van der Waals surface area contributed by atoms with Gasteiger partial charge in [-0.1, -0.05) is 0 Å². The van der Waals surface area contributed by atoms with Crippen LogP contribution >= 0.6 is 0 Å². The molecule has 22 heavy (non-hydrogen) atoms. The molecule has 118 valence electrons. The third-order valence-corrected chi connectivity index (χ3v) is 5.61. The number of nitrogens with zero attached hydrogens (tertiary/aromatic N) is 6. The summed E-state index contributed by atoms with van der Waals surface area (Å²) in [5.74, 6) is 1.61. The molecule has 0 atom stereocenters. The van der Waals surface area contributed by atoms with Crippen LogP contribution in [0.2, 0.25) is 0 Å². The molecule has 0 bridgehead atoms. The summed E-state index contributed by atoms with van der Waals surface area (Å²) in [6.45, 7) is 3.89. The number of sulfonamides is 1. The lowest BCUT2D eigenvalue weighted by Crippen LogP contribution is -2.49. The Labute approximate surface area is 129 Å². The second kappa shape index (κ2) is 6.01. The van der Waals surface area contributed by atoms with Crippen molar-refractivity contribution in [2.24, 2.45) is 0 Å². The fraction of sp³-hybridized carbons (Fsp3) is 0.462. The molecule has 8 nitrogen and oxygen atoms in total. The molecule has 0 amide bonds. The van der Waals surface area contributed by atoms with Gasteiger partial charge in [0.2, 0.25) is 10.0 Å². The van der Waals surface area contributed by atoms with Crippen molar-refractivity contribution in [3.63, 3.8) is 0 Å². The highest BCUT2D eigenvalue weighted by atomic mass is 32.2. The fourth-order valence-corrected chi connectivity index (χ4v) is 3.48. The molecule has 1 aliphatic rings. The maximum Gasteiger partial charge on any atom is 0.213 e. The van der Waals surface area contributed by atoms with Gasteiger partial charge in [-0.05, 0) is 19.1 Å². The SMILES string of the molecule is CCS(=O)(=O)N1CCN(c2ccc(-n3ccnc3)nn2)CC1. The minimum Gasteiger partial charge on any atom is -0.352 e. The quantitative estimate of drug-likeness (QED) is 0.796. The van der Waals surface area contributed by atoms with Gasteiger partial charge in [-0.15, -0.1) is 10.2 Å². The molecule has 2 aromatic rings. The van der Waals surface area contributed by atoms with Crippen molar-refractivity contribution in [1.82, 2.24) is 24.1 Å². The molecule has 1 fully saturated rings. The number of hydrogen-bond donors (Lipinski definition) is 0. The van der Waals surface area contributed by atoms with E-state index in [2.05, 4.69) is 15.2 Å². The van der Waals surface area contributed by atoms with E-state index >= 15 is 0 Å². The minimum atomic E-state index is -3.10. The molecule has 0 unspecified atom stereocenters. The van der Waals surface area contributed by atoms with E-state index in [-0.39, 0.29) is 5.75 Å². The molecule has 0 aliphatic carbocycles. The molecule has 0 saturated carbocycles. The van der Waals surface area contributed by atoms with Gasteiger partial charge in [-0.3, -0.25) is 4.57 Å². The molecule has 1 aliphatic heterocycles. The van der Waals surface area contributed by atoms with Crippen LogP contribution in [0.15, 0.2) is 30.9 Å². The van der Waals surface area contributed by atoms with E-state index in [0.29, 0.717) is 32.0 Å². The van der Waals surface area contributed by atoms with Crippen molar-refractivity contribution in [3.8, 4) is 5.82 Å². The third kappa shape index (κ3) is 2.95. The van der Waals surface area contributed by atoms with Crippen molar-refractivity contribution >= 4 is 15.8 Å². The van der Waals surface area contributed by atoms with E-state index < -0.39 is 10.0 Å². The van der Waals surface area contributed by atoms with E-state index in [0.717, 1.165) is 5.82 Å². The van der Waals surface area contributed by atoms with E-state index in [4.69, 9.17) is 0 Å². The zero-order valence-electron chi connectivity index (χ0n) is 12.3. The lowest BCUT2D eigenvalue weighted by Gasteiger charge is -2.34. The first-order chi connectivity index (χ1) is 10.6. The van der Waals surface area contributed by atoms with Crippen LogP contribution in [-0.2, 0) is 10.0 Å². The zero-order valence-corrected chi connectivity index (χ0v) is 13.1. The summed E-state index contributed by atoms with van der Waals surface area (Å²) in [6.07, 6.45) is 5.15. The number of hydrogen-bond acceptors (Lipinski definition) is 6. The zero-order chi connectivity index (χ0) is 15.6. The average Bonchev–Trinajstić information content (AvgIpc) is 3.10. The van der Waals surface area contributed by atoms with Gasteiger partial charge >= 0.3 is 0 Å². The van der Waals surface area contributed by atoms with Crippen LogP contribution in [0.3, 0.4) is 0 Å². The first kappa shape index (κ1) is 14.9. The Hall–Kier alpha value is -2.00. The van der Waals surface area contributed by atoms with Gasteiger partial charge in [0.1, 0.15) is 6.33 Å². The smallest absolute Gasteiger partial charge is 0.213 e. The van der Waals surface area contributed by atoms with Gasteiger partial charge in [0.25, 0.3) is 0 Å². The fourth-order valence-electron chi connectivity index (χ4n) is 2.40. The summed E-state index contributed by atoms with van der Waals surface area (Å²) in [6, 6.07) is 3.77. The van der Waals surface area contributed by atoms with Crippen LogP contribution in [0.5, 0.6) is 0 Å². The van der Waals surface area contributed by atoms with Crippen molar-refractivity contribution in [3.05, 3.63) is 30.9 Å². The molecule has 1 saturated heterocycles. The Morgan fingerprint density at radius 2 is 1.77 bits per heavy atom. The average molecular weight is 322 g/mol. The molecule has 0 spiro atoms. The summed E-state index contributed by atoms with van der Waals surface area (Å²) in [5.41, 5.74) is 0. The second-order valence-corrected chi connectivity index (χ2v) is 7.26. The summed E-state index contributed by atoms with van der Waals surface area (Å²) in [7, 11) is -3.10. The minimum absolute atomic E-state index is 0.145. The number of anilines is 1. The third-order valence-electron chi connectivity index (χ3n) is 3.73. The monoisotopic (exact) mass is 322 g/mol. The molecule has 0 radical (unpaired) electrons. The largest absolute Gasteiger partial charge is 0.352 e. The van der Waals surface area contributed by atoms with Gasteiger partial charge < -0.3 is 4.90 Å². The van der Waals surface area contributed by atoms with Gasteiger partial charge in [0.05, 0.1) is 5.75 Å². The van der Waals surface area contributed by atoms with Crippen molar-refractivity contribution in [2.45, 2.75) is 6.92 Å². The molecule has 0 aromatic carbocycles. The second-order valence-electron chi connectivity index (χ2n) is 5.01. The highest BCUT2D eigenvalue weighted by Crippen LogP contribution is 2.15. The van der Waals surface area contributed by atoms with E-state index in [1.165, 1.54) is 4.31 Å². The predicted molar refractivity (Wildman–Crippen MR) is 82.4 cm³/mol. The molecule has 2 aromatic heterocycles. The molecule has 3 heterocycles. The van der Waals surface area contributed by atoms with Gasteiger partial charge in [-0.2, -0.15) is 4.31 Å². The Kier molecular flexibility index (Phi) is 4.08. The molecule has 0 N–H and O–H groups in total. The normalized spacial score (nSPS) is 16.9. The lowest BCUT2D eigenvalue weighted by atomic mass is 10.3. The van der Waals surface area contributed by atoms with Crippen molar-refractivity contribution in [1.29, 1.82) is 0 Å². The lowest BCUT2D eigenvalue weighted by molar-refractivity contribution is 0.384. The van der Waals surface area contributed by atoms with Crippen molar-refractivity contribution < 1.29 is 8.42 Å². The highest BCUT2D eigenvalue weighted by molar-refractivity contribution is 7.89. The standard InChI is InChI=1S/C13H18N6O2S/c1-2-22(20,21)19-9-7-17(8-10-19)12-3-4-13(16-15-12)18-6-5-14-11-18/h3-6,11H,2,7-10H2,1H3. The topological polar surface area (TPSA) is 84.2 Å². The summed E-state index contributed by atoms with van der Waals surface area (Å²) in [5, 5.41) is 8.40. The van der Waals surface area contributed by atoms with Crippen LogP contribution in [-0.4, -0.2) is 64.4 Å². The number of imidazole rings is 1. The first-order valence-electron chi connectivity index (χ1n) is 7.15. The molecule has 9 heteroatoms. The summed E-state index contributed by atoms with van der Waals surface area (Å²) in [4.78, 5) is 6.02. The van der Waals surface area contributed by atoms with Gasteiger partial charge in [0.15, 0.2) is 11.6 Å². The Morgan fingerprint density at radius 1 is 1.09 bits per heavy atom. The maximum absolute atomic E-state index is 11.8. The molecule has 3 rings (SSSR count). The van der Waals surface area contributed by atoms with Gasteiger partial charge in [-0.25, -0.2) is 13.4 Å². The highest BCUT2D eigenvalue weighted by Gasteiger charge is 2.26. The molecular weight excluding hydrogens is 304 g/mol. The Balaban J connectivity index is 1.67. The van der Waals surface area contributed by atoms with E-state index in [9.17, 15) is 8.42 Å². The Bertz CT molecular complexity index is 705. The van der Waals surface area contributed by atoms with Crippen LogP contribution in [0, 0.1) is 0 Å². The number of rotatable bonds is 4. The predicted octanol–water partition coefficient (Wildman–Crippen LogP) is 0.134. The maximum atomic E-state index is 11.8. The number of piperazine rings is 1. The van der Waals surface area contributed by atoms with Crippen LogP contribution in [0.25, 0.3) is 5.82 Å². The van der Waals surface area contributed by atoms with Crippen molar-refractivity contribution in [2.75, 3.05) is 36.8 Å². The van der Waals surface area contributed by atoms with Crippen LogP contribution < -0.4 is 4.90 Å². The number of aromatic nitrogens is 4. The van der Waals surface area contributed by atoms with Crippen LogP contribution in [0.1, 0.15) is 6.92 Å². The summed E-state index contributed by atoms with van der Waals surface area (Å²) >= 11 is 0. The molecular formula is C13H18N6O2S. The first-order valence-corrected chi connectivity index (χ1v) is 8.76. The Morgan fingerprint density at radius 3 is 2.32 bits per heavy atom. The van der Waals surface area contributed by atoms with Crippen LogP contribution in [0.4, 0.5) is 5.82 Å². The van der Waals surface area contributed by atoms with E-state index in [1.54, 1.807) is 30.2 Å².